The highest BCUT2D eigenvalue weighted by atomic mass is 35.5. The van der Waals surface area contributed by atoms with Gasteiger partial charge in [0.1, 0.15) is 18.2 Å². The van der Waals surface area contributed by atoms with E-state index in [1.807, 2.05) is 6.07 Å². The first kappa shape index (κ1) is 17.7. The van der Waals surface area contributed by atoms with Crippen molar-refractivity contribution >= 4 is 35.4 Å². The number of benzene rings is 1. The van der Waals surface area contributed by atoms with E-state index in [1.165, 1.54) is 0 Å². The minimum absolute atomic E-state index is 0.0625. The van der Waals surface area contributed by atoms with Crippen LogP contribution in [0.3, 0.4) is 0 Å². The van der Waals surface area contributed by atoms with Crippen molar-refractivity contribution in [1.29, 1.82) is 0 Å². The van der Waals surface area contributed by atoms with Crippen LogP contribution in [0.15, 0.2) is 18.2 Å². The number of hydrogen-bond donors (Lipinski definition) is 1. The number of cyclic esters (lactones) is 1. The number of halogens is 2. The van der Waals surface area contributed by atoms with Crippen molar-refractivity contribution < 1.29 is 23.8 Å². The summed E-state index contributed by atoms with van der Waals surface area (Å²) in [4.78, 5) is 24.8. The second kappa shape index (κ2) is 6.79. The second-order valence-electron chi connectivity index (χ2n) is 7.00. The lowest BCUT2D eigenvalue weighted by molar-refractivity contribution is -0.0928. The van der Waals surface area contributed by atoms with Crippen molar-refractivity contribution in [2.45, 2.75) is 37.2 Å². The summed E-state index contributed by atoms with van der Waals surface area (Å²) in [5.41, 5.74) is 0.521. The number of carbonyl (C=O) groups is 2. The summed E-state index contributed by atoms with van der Waals surface area (Å²) >= 11 is 11.9. The predicted octanol–water partition coefficient (Wildman–Crippen LogP) is 2.97. The maximum atomic E-state index is 12.1. The molecular formula is C17H18Cl2N2O5. The van der Waals surface area contributed by atoms with Crippen LogP contribution in [0, 0.1) is 0 Å². The van der Waals surface area contributed by atoms with E-state index in [2.05, 4.69) is 5.32 Å². The van der Waals surface area contributed by atoms with Crippen LogP contribution in [-0.2, 0) is 20.8 Å². The minimum atomic E-state index is -0.432. The Morgan fingerprint density at radius 1 is 1.27 bits per heavy atom. The fraction of sp³-hybridized carbons (Fsp3) is 0.529. The van der Waals surface area contributed by atoms with Gasteiger partial charge in [-0.1, -0.05) is 29.3 Å². The Bertz CT molecular complexity index is 732. The zero-order valence-corrected chi connectivity index (χ0v) is 15.4. The fourth-order valence-corrected chi connectivity index (χ4v) is 3.61. The summed E-state index contributed by atoms with van der Waals surface area (Å²) in [6, 6.07) is 5.40. The Labute approximate surface area is 160 Å². The molecule has 1 spiro atoms. The van der Waals surface area contributed by atoms with Crippen LogP contribution in [0.5, 0.6) is 0 Å². The lowest BCUT2D eigenvalue weighted by atomic mass is 9.91. The van der Waals surface area contributed by atoms with Gasteiger partial charge in [0.15, 0.2) is 0 Å². The van der Waals surface area contributed by atoms with Gasteiger partial charge in [0.25, 0.3) is 0 Å². The number of alkyl carbamates (subject to hydrolysis) is 1. The molecular weight excluding hydrogens is 383 g/mol. The summed E-state index contributed by atoms with van der Waals surface area (Å²) in [5, 5.41) is 3.75. The third-order valence-corrected chi connectivity index (χ3v) is 5.62. The molecule has 1 saturated carbocycles. The first-order valence-electron chi connectivity index (χ1n) is 8.38. The molecule has 2 saturated heterocycles. The van der Waals surface area contributed by atoms with Crippen LogP contribution in [0.4, 0.5) is 9.59 Å². The molecule has 0 atom stereocenters. The van der Waals surface area contributed by atoms with E-state index in [-0.39, 0.29) is 18.3 Å². The SMILES string of the molecule is O=C1NC2(CO1)CN(C(=O)O[C@H]1C[C@@H](OCc3ccc(Cl)c(Cl)c3)C1)C2. The summed E-state index contributed by atoms with van der Waals surface area (Å²) in [6.07, 6.45) is 0.487. The Balaban J connectivity index is 1.15. The van der Waals surface area contributed by atoms with E-state index >= 15 is 0 Å². The molecule has 7 nitrogen and oxygen atoms in total. The van der Waals surface area contributed by atoms with Crippen LogP contribution in [-0.4, -0.2) is 54.5 Å². The van der Waals surface area contributed by atoms with Crippen LogP contribution in [0.2, 0.25) is 10.0 Å². The van der Waals surface area contributed by atoms with Gasteiger partial charge in [-0.15, -0.1) is 0 Å². The molecule has 4 rings (SSSR count). The molecule has 9 heteroatoms. The average molecular weight is 401 g/mol. The molecule has 2 heterocycles. The number of likely N-dealkylation sites (tertiary alicyclic amines) is 1. The summed E-state index contributed by atoms with van der Waals surface area (Å²) in [6.45, 7) is 1.57. The van der Waals surface area contributed by atoms with E-state index in [1.54, 1.807) is 17.0 Å². The van der Waals surface area contributed by atoms with Gasteiger partial charge in [-0.2, -0.15) is 0 Å². The van der Waals surface area contributed by atoms with E-state index in [0.717, 1.165) is 5.56 Å². The number of amides is 2. The third kappa shape index (κ3) is 3.56. The highest BCUT2D eigenvalue weighted by molar-refractivity contribution is 6.42. The fourth-order valence-electron chi connectivity index (χ4n) is 3.29. The quantitative estimate of drug-likeness (QED) is 0.840. The van der Waals surface area contributed by atoms with E-state index < -0.39 is 11.6 Å². The lowest BCUT2D eigenvalue weighted by Crippen LogP contribution is -2.70. The molecule has 3 fully saturated rings. The summed E-state index contributed by atoms with van der Waals surface area (Å²) < 4.78 is 16.1. The monoisotopic (exact) mass is 400 g/mol. The van der Waals surface area contributed by atoms with E-state index in [0.29, 0.717) is 49.2 Å². The van der Waals surface area contributed by atoms with Crippen molar-refractivity contribution in [2.24, 2.45) is 0 Å². The van der Waals surface area contributed by atoms with Crippen LogP contribution >= 0.6 is 23.2 Å². The van der Waals surface area contributed by atoms with E-state index in [9.17, 15) is 9.59 Å². The number of hydrogen-bond acceptors (Lipinski definition) is 5. The van der Waals surface area contributed by atoms with Gasteiger partial charge in [-0.05, 0) is 17.7 Å². The Morgan fingerprint density at radius 2 is 2.04 bits per heavy atom. The van der Waals surface area contributed by atoms with Crippen molar-refractivity contribution in [3.8, 4) is 0 Å². The van der Waals surface area contributed by atoms with Gasteiger partial charge >= 0.3 is 12.2 Å². The first-order valence-corrected chi connectivity index (χ1v) is 9.14. The predicted molar refractivity (Wildman–Crippen MR) is 93.3 cm³/mol. The molecule has 2 amide bonds. The van der Waals surface area contributed by atoms with Crippen molar-refractivity contribution in [2.75, 3.05) is 19.7 Å². The highest BCUT2D eigenvalue weighted by Crippen LogP contribution is 2.31. The largest absolute Gasteiger partial charge is 0.447 e. The number of ether oxygens (including phenoxy) is 3. The normalized spacial score (nSPS) is 25.9. The Morgan fingerprint density at radius 3 is 2.69 bits per heavy atom. The summed E-state index contributed by atoms with van der Waals surface area (Å²) in [7, 11) is 0. The summed E-state index contributed by atoms with van der Waals surface area (Å²) in [5.74, 6) is 0. The number of carbonyl (C=O) groups excluding carboxylic acids is 2. The van der Waals surface area contributed by atoms with Crippen LogP contribution in [0.25, 0.3) is 0 Å². The van der Waals surface area contributed by atoms with Crippen LogP contribution < -0.4 is 5.32 Å². The van der Waals surface area contributed by atoms with Crippen molar-refractivity contribution in [3.63, 3.8) is 0 Å². The van der Waals surface area contributed by atoms with Gasteiger partial charge in [0.05, 0.1) is 35.8 Å². The molecule has 1 aliphatic carbocycles. The van der Waals surface area contributed by atoms with Gasteiger partial charge in [0.2, 0.25) is 0 Å². The van der Waals surface area contributed by atoms with Gasteiger partial charge < -0.3 is 24.4 Å². The third-order valence-electron chi connectivity index (χ3n) is 4.88. The van der Waals surface area contributed by atoms with Gasteiger partial charge in [-0.3, -0.25) is 0 Å². The average Bonchev–Trinajstić information content (AvgIpc) is 2.93. The smallest absolute Gasteiger partial charge is 0.410 e. The van der Waals surface area contributed by atoms with E-state index in [4.69, 9.17) is 37.4 Å². The van der Waals surface area contributed by atoms with Gasteiger partial charge in [-0.25, -0.2) is 9.59 Å². The number of nitrogens with zero attached hydrogens (tertiary/aromatic N) is 1. The molecule has 1 aromatic rings. The maximum absolute atomic E-state index is 12.1. The molecule has 0 radical (unpaired) electrons. The minimum Gasteiger partial charge on any atom is -0.447 e. The zero-order valence-electron chi connectivity index (χ0n) is 13.9. The Kier molecular flexibility index (Phi) is 4.62. The van der Waals surface area contributed by atoms with Crippen LogP contribution in [0.1, 0.15) is 18.4 Å². The topological polar surface area (TPSA) is 77.1 Å². The molecule has 1 N–H and O–H groups in total. The lowest BCUT2D eigenvalue weighted by Gasteiger charge is -2.46. The number of nitrogens with one attached hydrogen (secondary N) is 1. The Hall–Kier alpha value is -1.70. The molecule has 3 aliphatic rings. The zero-order chi connectivity index (χ0) is 18.3. The molecule has 0 bridgehead atoms. The molecule has 1 aromatic carbocycles. The number of rotatable bonds is 4. The molecule has 2 aliphatic heterocycles. The molecule has 26 heavy (non-hydrogen) atoms. The van der Waals surface area contributed by atoms with Gasteiger partial charge in [0, 0.05) is 12.8 Å². The molecule has 0 unspecified atom stereocenters. The molecule has 0 aromatic heterocycles. The maximum Gasteiger partial charge on any atom is 0.410 e. The highest BCUT2D eigenvalue weighted by Gasteiger charge is 2.52. The second-order valence-corrected chi connectivity index (χ2v) is 7.81. The first-order chi connectivity index (χ1) is 12.4. The standard InChI is InChI=1S/C17H18Cl2N2O5/c18-13-2-1-10(3-14(13)19)6-24-11-4-12(5-11)26-16(23)21-7-17(8-21)9-25-15(22)20-17/h1-3,11-12H,4-9H2,(H,20,22)/t11-,12+. The molecule has 140 valence electrons. The van der Waals surface area contributed by atoms with Crippen molar-refractivity contribution in [1.82, 2.24) is 10.2 Å². The van der Waals surface area contributed by atoms with Crippen molar-refractivity contribution in [3.05, 3.63) is 33.8 Å².